The highest BCUT2D eigenvalue weighted by Gasteiger charge is 2.52. The maximum Gasteiger partial charge on any atom is 0.326 e. The number of piperidine rings is 1. The summed E-state index contributed by atoms with van der Waals surface area (Å²) in [5.41, 5.74) is 3.75. The molecule has 4 aliphatic rings. The summed E-state index contributed by atoms with van der Waals surface area (Å²) < 4.78 is 0. The minimum Gasteiger partial charge on any atom is -0.391 e. The molecule has 8 heteroatoms. The predicted molar refractivity (Wildman–Crippen MR) is 133 cm³/mol. The van der Waals surface area contributed by atoms with Gasteiger partial charge in [-0.3, -0.25) is 9.69 Å². The maximum absolute atomic E-state index is 13.4. The average Bonchev–Trinajstić information content (AvgIpc) is 3.44. The quantitative estimate of drug-likeness (QED) is 0.544. The highest BCUT2D eigenvalue weighted by atomic mass is 32.2. The molecule has 2 aromatic carbocycles. The molecule has 5 atom stereocenters. The molecule has 3 aliphatic heterocycles. The van der Waals surface area contributed by atoms with Crippen LogP contribution >= 0.6 is 11.8 Å². The lowest BCUT2D eigenvalue weighted by atomic mass is 9.86. The normalized spacial score (nSPS) is 30.2. The predicted octanol–water partition coefficient (Wildman–Crippen LogP) is 3.18. The number of aliphatic hydroxyl groups is 1. The molecule has 0 bridgehead atoms. The van der Waals surface area contributed by atoms with Gasteiger partial charge in [0.25, 0.3) is 5.91 Å². The molecule has 3 amide bonds. The van der Waals surface area contributed by atoms with Crippen LogP contribution in [0.25, 0.3) is 11.1 Å². The topological polar surface area (TPSA) is 93.7 Å². The number of hydrogen-bond acceptors (Lipinski definition) is 5. The summed E-state index contributed by atoms with van der Waals surface area (Å²) in [6.45, 7) is 0.782. The zero-order valence-electron chi connectivity index (χ0n) is 18.7. The van der Waals surface area contributed by atoms with Crippen LogP contribution < -0.4 is 20.9 Å². The SMILES string of the molecule is O=C(N[C@@H]1CCC[C@H]1O)C1=C2NC(=O)N(c3cccc(-c4ccccc4)c3)C3CCNC(S1)C23. The van der Waals surface area contributed by atoms with Crippen LogP contribution in [0.4, 0.5) is 10.5 Å². The minimum absolute atomic E-state index is 0.00563. The number of carbonyl (C=O) groups is 2. The molecule has 1 aliphatic carbocycles. The van der Waals surface area contributed by atoms with Crippen molar-refractivity contribution in [3.8, 4) is 11.1 Å². The summed E-state index contributed by atoms with van der Waals surface area (Å²) >= 11 is 1.50. The van der Waals surface area contributed by atoms with Crippen molar-refractivity contribution in [2.45, 2.75) is 49.2 Å². The monoisotopic (exact) mass is 476 g/mol. The Morgan fingerprint density at radius 1 is 1.06 bits per heavy atom. The Labute approximate surface area is 203 Å². The molecule has 176 valence electrons. The first-order chi connectivity index (χ1) is 16.6. The highest BCUT2D eigenvalue weighted by molar-refractivity contribution is 8.04. The van der Waals surface area contributed by atoms with Gasteiger partial charge in [-0.1, -0.05) is 54.2 Å². The molecule has 0 spiro atoms. The van der Waals surface area contributed by atoms with Gasteiger partial charge in [0, 0.05) is 17.3 Å². The number of hydrogen-bond donors (Lipinski definition) is 4. The van der Waals surface area contributed by atoms with Crippen LogP contribution in [-0.2, 0) is 4.79 Å². The Kier molecular flexibility index (Phi) is 5.59. The first-order valence-corrected chi connectivity index (χ1v) is 12.9. The van der Waals surface area contributed by atoms with E-state index in [4.69, 9.17) is 0 Å². The number of nitrogens with one attached hydrogen (secondary N) is 3. The number of anilines is 1. The summed E-state index contributed by atoms with van der Waals surface area (Å²) in [4.78, 5) is 29.0. The standard InChI is InChI=1S/C26H28N4O3S/c31-20-11-5-10-18(20)28-24(32)23-22-21-19(12-13-27-25(21)34-23)30(26(33)29-22)17-9-4-8-16(14-17)15-6-2-1-3-7-15/h1-4,6-9,14,18-21,25,27,31H,5,10-13H2,(H,28,32)(H,29,33)/t18-,19?,20-,21?,25?/m1/s1. The largest absolute Gasteiger partial charge is 0.391 e. The fourth-order valence-corrected chi connectivity index (χ4v) is 7.13. The number of carbonyl (C=O) groups excluding carboxylic acids is 2. The van der Waals surface area contributed by atoms with E-state index in [-0.39, 0.29) is 35.3 Å². The zero-order chi connectivity index (χ0) is 23.2. The molecule has 4 N–H and O–H groups in total. The summed E-state index contributed by atoms with van der Waals surface area (Å²) in [7, 11) is 0. The fraction of sp³-hybridized carbons (Fsp3) is 0.385. The first-order valence-electron chi connectivity index (χ1n) is 12.0. The van der Waals surface area contributed by atoms with Gasteiger partial charge >= 0.3 is 6.03 Å². The van der Waals surface area contributed by atoms with Crippen molar-refractivity contribution in [1.29, 1.82) is 0 Å². The van der Waals surface area contributed by atoms with Gasteiger partial charge < -0.3 is 21.1 Å². The number of urea groups is 1. The van der Waals surface area contributed by atoms with Crippen molar-refractivity contribution in [3.05, 3.63) is 65.2 Å². The lowest BCUT2D eigenvalue weighted by molar-refractivity contribution is -0.118. The van der Waals surface area contributed by atoms with Gasteiger partial charge in [0.2, 0.25) is 0 Å². The van der Waals surface area contributed by atoms with Crippen LogP contribution in [0, 0.1) is 5.92 Å². The summed E-state index contributed by atoms with van der Waals surface area (Å²) in [5.74, 6) is -0.188. The second-order valence-electron chi connectivity index (χ2n) is 9.41. The smallest absolute Gasteiger partial charge is 0.326 e. The lowest BCUT2D eigenvalue weighted by Crippen LogP contribution is -2.62. The zero-order valence-corrected chi connectivity index (χ0v) is 19.6. The highest BCUT2D eigenvalue weighted by Crippen LogP contribution is 2.48. The molecule has 0 radical (unpaired) electrons. The molecule has 3 unspecified atom stereocenters. The van der Waals surface area contributed by atoms with E-state index in [2.05, 4.69) is 40.2 Å². The molecule has 1 saturated carbocycles. The molecule has 3 heterocycles. The Bertz CT molecular complexity index is 1150. The van der Waals surface area contributed by atoms with Gasteiger partial charge in [-0.05, 0) is 55.5 Å². The van der Waals surface area contributed by atoms with Crippen LogP contribution in [0.3, 0.4) is 0 Å². The van der Waals surface area contributed by atoms with E-state index in [9.17, 15) is 14.7 Å². The van der Waals surface area contributed by atoms with Crippen LogP contribution in [0.2, 0.25) is 0 Å². The number of benzene rings is 2. The Morgan fingerprint density at radius 2 is 1.88 bits per heavy atom. The molecular formula is C26H28N4O3S. The van der Waals surface area contributed by atoms with Crippen molar-refractivity contribution < 1.29 is 14.7 Å². The van der Waals surface area contributed by atoms with Crippen LogP contribution in [0.1, 0.15) is 25.7 Å². The fourth-order valence-electron chi connectivity index (χ4n) is 5.73. The van der Waals surface area contributed by atoms with Crippen LogP contribution in [0.15, 0.2) is 65.2 Å². The minimum atomic E-state index is -0.498. The number of rotatable bonds is 4. The second-order valence-corrected chi connectivity index (χ2v) is 10.6. The van der Waals surface area contributed by atoms with E-state index < -0.39 is 6.10 Å². The van der Waals surface area contributed by atoms with Crippen LogP contribution in [0.5, 0.6) is 0 Å². The van der Waals surface area contributed by atoms with Gasteiger partial charge in [0.15, 0.2) is 0 Å². The molecular weight excluding hydrogens is 448 g/mol. The van der Waals surface area contributed by atoms with Gasteiger partial charge in [-0.25, -0.2) is 4.79 Å². The molecule has 6 rings (SSSR count). The molecule has 0 aromatic heterocycles. The molecule has 2 saturated heterocycles. The van der Waals surface area contributed by atoms with Crippen molar-refractivity contribution >= 4 is 29.4 Å². The number of nitrogens with zero attached hydrogens (tertiary/aromatic N) is 1. The molecule has 2 aromatic rings. The molecule has 7 nitrogen and oxygen atoms in total. The van der Waals surface area contributed by atoms with Gasteiger partial charge in [-0.15, -0.1) is 0 Å². The Balaban J connectivity index is 1.31. The summed E-state index contributed by atoms with van der Waals surface area (Å²) in [6, 6.07) is 17.8. The first kappa shape index (κ1) is 21.7. The van der Waals surface area contributed by atoms with Crippen molar-refractivity contribution in [2.75, 3.05) is 11.4 Å². The van der Waals surface area contributed by atoms with Crippen LogP contribution in [-0.4, -0.2) is 47.2 Å². The number of amides is 3. The third-order valence-corrected chi connectivity index (χ3v) is 8.73. The molecule has 34 heavy (non-hydrogen) atoms. The van der Waals surface area contributed by atoms with Crippen molar-refractivity contribution in [3.63, 3.8) is 0 Å². The lowest BCUT2D eigenvalue weighted by Gasteiger charge is -2.45. The van der Waals surface area contributed by atoms with E-state index in [1.165, 1.54) is 11.8 Å². The van der Waals surface area contributed by atoms with E-state index in [0.29, 0.717) is 11.3 Å². The Hall–Kier alpha value is -2.81. The number of thioether (sulfide) groups is 1. The maximum atomic E-state index is 13.4. The summed E-state index contributed by atoms with van der Waals surface area (Å²) in [6.07, 6.45) is 2.72. The second kappa shape index (κ2) is 8.76. The van der Waals surface area contributed by atoms with E-state index in [0.717, 1.165) is 48.3 Å². The van der Waals surface area contributed by atoms with Gasteiger partial charge in [-0.2, -0.15) is 0 Å². The third-order valence-electron chi connectivity index (χ3n) is 7.37. The number of aliphatic hydroxyl groups excluding tert-OH is 1. The van der Waals surface area contributed by atoms with Crippen molar-refractivity contribution in [2.24, 2.45) is 5.92 Å². The summed E-state index contributed by atoms with van der Waals surface area (Å²) in [5, 5.41) is 19.8. The van der Waals surface area contributed by atoms with Gasteiger partial charge in [0.1, 0.15) is 0 Å². The molecule has 3 fully saturated rings. The third kappa shape index (κ3) is 3.70. The van der Waals surface area contributed by atoms with E-state index in [1.807, 2.05) is 35.2 Å². The average molecular weight is 477 g/mol. The van der Waals surface area contributed by atoms with Gasteiger partial charge in [0.05, 0.1) is 28.5 Å². The van der Waals surface area contributed by atoms with E-state index in [1.54, 1.807) is 0 Å². The van der Waals surface area contributed by atoms with Crippen molar-refractivity contribution in [1.82, 2.24) is 16.0 Å². The Morgan fingerprint density at radius 3 is 2.68 bits per heavy atom. The van der Waals surface area contributed by atoms with E-state index >= 15 is 0 Å².